The maximum absolute atomic E-state index is 11.3. The first-order chi connectivity index (χ1) is 6.00. The average Bonchev–Trinajstić information content (AvgIpc) is 2.29. The van der Waals surface area contributed by atoms with Crippen LogP contribution in [0.5, 0.6) is 0 Å². The molecule has 0 aliphatic carbocycles. The van der Waals surface area contributed by atoms with Crippen molar-refractivity contribution in [1.29, 1.82) is 0 Å². The van der Waals surface area contributed by atoms with Crippen molar-refractivity contribution in [2.75, 3.05) is 5.75 Å². The van der Waals surface area contributed by atoms with Gasteiger partial charge >= 0.3 is 0 Å². The molecule has 1 aliphatic heterocycles. The summed E-state index contributed by atoms with van der Waals surface area (Å²) in [4.78, 5) is 15.6. The summed E-state index contributed by atoms with van der Waals surface area (Å²) in [7, 11) is 0. The molecule has 0 amide bonds. The SMILES string of the molecule is CCSC1=NC(C)C(C)(C(C)=O)O1. The van der Waals surface area contributed by atoms with Gasteiger partial charge < -0.3 is 4.74 Å². The Kier molecular flexibility index (Phi) is 3.01. The van der Waals surface area contributed by atoms with E-state index in [4.69, 9.17) is 4.74 Å². The molecule has 1 rings (SSSR count). The third kappa shape index (κ3) is 1.88. The second-order valence-electron chi connectivity index (χ2n) is 3.27. The third-order valence-corrected chi connectivity index (χ3v) is 3.09. The van der Waals surface area contributed by atoms with Crippen LogP contribution in [-0.2, 0) is 9.53 Å². The second-order valence-corrected chi connectivity index (χ2v) is 4.48. The minimum atomic E-state index is -0.739. The highest BCUT2D eigenvalue weighted by molar-refractivity contribution is 8.13. The molecule has 0 aromatic rings. The monoisotopic (exact) mass is 201 g/mol. The van der Waals surface area contributed by atoms with Crippen molar-refractivity contribution in [1.82, 2.24) is 0 Å². The maximum atomic E-state index is 11.3. The van der Waals surface area contributed by atoms with Gasteiger partial charge in [-0.1, -0.05) is 18.7 Å². The largest absolute Gasteiger partial charge is 0.456 e. The number of rotatable bonds is 2. The highest BCUT2D eigenvalue weighted by atomic mass is 32.2. The Morgan fingerprint density at radius 1 is 1.77 bits per heavy atom. The van der Waals surface area contributed by atoms with Crippen LogP contribution in [0.25, 0.3) is 0 Å². The van der Waals surface area contributed by atoms with Crippen LogP contribution in [0.2, 0.25) is 0 Å². The predicted octanol–water partition coefficient (Wildman–Crippen LogP) is 1.86. The molecule has 0 aromatic carbocycles. The van der Waals surface area contributed by atoms with Crippen molar-refractivity contribution < 1.29 is 9.53 Å². The Hall–Kier alpha value is -0.510. The molecule has 2 atom stereocenters. The van der Waals surface area contributed by atoms with E-state index < -0.39 is 5.60 Å². The highest BCUT2D eigenvalue weighted by Crippen LogP contribution is 2.29. The molecule has 74 valence electrons. The van der Waals surface area contributed by atoms with Gasteiger partial charge in [-0.25, -0.2) is 4.99 Å². The van der Waals surface area contributed by atoms with Crippen molar-refractivity contribution in [2.45, 2.75) is 39.3 Å². The Bertz CT molecular complexity index is 252. The Morgan fingerprint density at radius 3 is 2.77 bits per heavy atom. The Balaban J connectivity index is 2.74. The van der Waals surface area contributed by atoms with E-state index in [9.17, 15) is 4.79 Å². The lowest BCUT2D eigenvalue weighted by Crippen LogP contribution is -2.42. The summed E-state index contributed by atoms with van der Waals surface area (Å²) in [6, 6.07) is -0.0703. The third-order valence-electron chi connectivity index (χ3n) is 2.36. The van der Waals surface area contributed by atoms with E-state index in [0.717, 1.165) is 5.75 Å². The van der Waals surface area contributed by atoms with Crippen LogP contribution in [0.1, 0.15) is 27.7 Å². The molecule has 0 fully saturated rings. The van der Waals surface area contributed by atoms with Gasteiger partial charge in [0.25, 0.3) is 0 Å². The van der Waals surface area contributed by atoms with Crippen molar-refractivity contribution in [3.63, 3.8) is 0 Å². The van der Waals surface area contributed by atoms with Crippen molar-refractivity contribution in [3.8, 4) is 0 Å². The first-order valence-electron chi connectivity index (χ1n) is 4.41. The number of ether oxygens (including phenoxy) is 1. The predicted molar refractivity (Wildman–Crippen MR) is 55.2 cm³/mol. The number of ketones is 1. The standard InChI is InChI=1S/C9H15NO2S/c1-5-13-8-10-6(2)9(4,12-8)7(3)11/h6H,5H2,1-4H3. The summed E-state index contributed by atoms with van der Waals surface area (Å²) in [5.41, 5.74) is -0.739. The fourth-order valence-electron chi connectivity index (χ4n) is 1.13. The number of thioether (sulfide) groups is 1. The van der Waals surface area contributed by atoms with Gasteiger partial charge in [0.2, 0.25) is 5.23 Å². The summed E-state index contributed by atoms with van der Waals surface area (Å²) in [6.07, 6.45) is 0. The molecule has 0 saturated heterocycles. The van der Waals surface area contributed by atoms with Gasteiger partial charge in [-0.2, -0.15) is 0 Å². The molecular weight excluding hydrogens is 186 g/mol. The molecule has 0 aromatic heterocycles. The minimum Gasteiger partial charge on any atom is -0.456 e. The van der Waals surface area contributed by atoms with E-state index in [-0.39, 0.29) is 11.8 Å². The number of aliphatic imine (C=N–C) groups is 1. The summed E-state index contributed by atoms with van der Waals surface area (Å²) < 4.78 is 5.53. The van der Waals surface area contributed by atoms with Crippen LogP contribution in [0.4, 0.5) is 0 Å². The zero-order valence-corrected chi connectivity index (χ0v) is 9.27. The number of carbonyl (C=O) groups excluding carboxylic acids is 1. The normalized spacial score (nSPS) is 32.6. The first kappa shape index (κ1) is 10.6. The fourth-order valence-corrected chi connectivity index (χ4v) is 1.84. The van der Waals surface area contributed by atoms with E-state index in [0.29, 0.717) is 5.23 Å². The molecule has 0 spiro atoms. The zero-order valence-electron chi connectivity index (χ0n) is 8.46. The van der Waals surface area contributed by atoms with Gasteiger partial charge in [-0.3, -0.25) is 4.79 Å². The van der Waals surface area contributed by atoms with Gasteiger partial charge in [0.1, 0.15) is 0 Å². The molecule has 1 aliphatic rings. The number of carbonyl (C=O) groups is 1. The highest BCUT2D eigenvalue weighted by Gasteiger charge is 2.44. The molecular formula is C9H15NO2S. The Morgan fingerprint density at radius 2 is 2.38 bits per heavy atom. The fraction of sp³-hybridized carbons (Fsp3) is 0.778. The zero-order chi connectivity index (χ0) is 10.1. The van der Waals surface area contributed by atoms with Crippen LogP contribution < -0.4 is 0 Å². The number of nitrogens with zero attached hydrogens (tertiary/aromatic N) is 1. The molecule has 0 N–H and O–H groups in total. The molecule has 13 heavy (non-hydrogen) atoms. The van der Waals surface area contributed by atoms with E-state index in [1.165, 1.54) is 11.8 Å². The van der Waals surface area contributed by atoms with Gasteiger partial charge in [-0.15, -0.1) is 0 Å². The lowest BCUT2D eigenvalue weighted by Gasteiger charge is -2.23. The van der Waals surface area contributed by atoms with Gasteiger partial charge in [0.05, 0.1) is 6.04 Å². The summed E-state index contributed by atoms with van der Waals surface area (Å²) >= 11 is 1.54. The average molecular weight is 201 g/mol. The van der Waals surface area contributed by atoms with Crippen LogP contribution in [0.15, 0.2) is 4.99 Å². The lowest BCUT2D eigenvalue weighted by atomic mass is 9.95. The maximum Gasteiger partial charge on any atom is 0.247 e. The van der Waals surface area contributed by atoms with Gasteiger partial charge in [0.15, 0.2) is 11.4 Å². The number of hydrogen-bond acceptors (Lipinski definition) is 4. The van der Waals surface area contributed by atoms with Crippen LogP contribution in [0.3, 0.4) is 0 Å². The quantitative estimate of drug-likeness (QED) is 0.684. The van der Waals surface area contributed by atoms with E-state index in [2.05, 4.69) is 4.99 Å². The topological polar surface area (TPSA) is 38.7 Å². The van der Waals surface area contributed by atoms with Crippen LogP contribution in [-0.4, -0.2) is 28.4 Å². The van der Waals surface area contributed by atoms with Crippen LogP contribution in [0, 0.1) is 0 Å². The summed E-state index contributed by atoms with van der Waals surface area (Å²) in [5.74, 6) is 0.954. The Labute approximate surface area is 82.9 Å². The summed E-state index contributed by atoms with van der Waals surface area (Å²) in [5, 5.41) is 0.646. The molecule has 4 heteroatoms. The molecule has 2 unspecified atom stereocenters. The van der Waals surface area contributed by atoms with Crippen molar-refractivity contribution in [2.24, 2.45) is 4.99 Å². The lowest BCUT2D eigenvalue weighted by molar-refractivity contribution is -0.131. The number of hydrogen-bond donors (Lipinski definition) is 0. The second kappa shape index (κ2) is 3.70. The molecule has 0 radical (unpaired) electrons. The van der Waals surface area contributed by atoms with Crippen LogP contribution >= 0.6 is 11.8 Å². The summed E-state index contributed by atoms with van der Waals surface area (Å²) in [6.45, 7) is 7.29. The van der Waals surface area contributed by atoms with Crippen molar-refractivity contribution in [3.05, 3.63) is 0 Å². The van der Waals surface area contributed by atoms with E-state index in [1.54, 1.807) is 13.8 Å². The minimum absolute atomic E-state index is 0.0375. The molecule has 0 bridgehead atoms. The van der Waals surface area contributed by atoms with Gasteiger partial charge in [-0.05, 0) is 26.5 Å². The molecule has 3 nitrogen and oxygen atoms in total. The van der Waals surface area contributed by atoms with Crippen molar-refractivity contribution >= 4 is 22.8 Å². The van der Waals surface area contributed by atoms with Gasteiger partial charge in [0, 0.05) is 0 Å². The van der Waals surface area contributed by atoms with E-state index >= 15 is 0 Å². The first-order valence-corrected chi connectivity index (χ1v) is 5.40. The van der Waals surface area contributed by atoms with E-state index in [1.807, 2.05) is 13.8 Å². The molecule has 1 heterocycles. The number of Topliss-reactive ketones (excluding diaryl/α,β-unsaturated/α-hetero) is 1. The molecule has 0 saturated carbocycles. The smallest absolute Gasteiger partial charge is 0.247 e.